The van der Waals surface area contributed by atoms with Gasteiger partial charge in [-0.2, -0.15) is 0 Å². The number of phenolic OH excluding ortho intramolecular Hbond substituents is 1. The maximum atomic E-state index is 9.72. The largest absolute Gasteiger partial charge is 0.506 e. The van der Waals surface area contributed by atoms with E-state index in [2.05, 4.69) is 0 Å². The van der Waals surface area contributed by atoms with E-state index in [4.69, 9.17) is 17.3 Å². The fourth-order valence-electron chi connectivity index (χ4n) is 1.85. The zero-order valence-electron chi connectivity index (χ0n) is 7.91. The predicted octanol–water partition coefficient (Wildman–Crippen LogP) is 2.85. The molecule has 0 aromatic heterocycles. The van der Waals surface area contributed by atoms with E-state index < -0.39 is 0 Å². The number of hydrogen-bond donors (Lipinski definition) is 2. The summed E-state index contributed by atoms with van der Waals surface area (Å²) in [7, 11) is 0. The van der Waals surface area contributed by atoms with Crippen LogP contribution in [0.3, 0.4) is 0 Å². The molecular weight excluding hydrogens is 198 g/mol. The number of aromatic hydroxyl groups is 1. The summed E-state index contributed by atoms with van der Waals surface area (Å²) >= 11 is 5.82. The highest BCUT2D eigenvalue weighted by atomic mass is 35.5. The van der Waals surface area contributed by atoms with Crippen LogP contribution in [0.1, 0.15) is 30.9 Å². The molecule has 1 aliphatic carbocycles. The SMILES string of the molecule is N[C@@H](c1cccc(Cl)c1O)C1CCC1. The van der Waals surface area contributed by atoms with Crippen molar-refractivity contribution in [2.24, 2.45) is 11.7 Å². The van der Waals surface area contributed by atoms with E-state index in [1.807, 2.05) is 12.1 Å². The van der Waals surface area contributed by atoms with Gasteiger partial charge in [0, 0.05) is 11.6 Å². The van der Waals surface area contributed by atoms with Crippen molar-refractivity contribution in [3.05, 3.63) is 28.8 Å². The van der Waals surface area contributed by atoms with Gasteiger partial charge >= 0.3 is 0 Å². The summed E-state index contributed by atoms with van der Waals surface area (Å²) in [4.78, 5) is 0. The van der Waals surface area contributed by atoms with E-state index in [-0.39, 0.29) is 11.8 Å². The van der Waals surface area contributed by atoms with Gasteiger partial charge in [-0.15, -0.1) is 0 Å². The first-order chi connectivity index (χ1) is 6.70. The molecule has 3 heteroatoms. The summed E-state index contributed by atoms with van der Waals surface area (Å²) in [5.74, 6) is 0.660. The van der Waals surface area contributed by atoms with E-state index in [0.29, 0.717) is 10.9 Å². The molecule has 1 aromatic carbocycles. The van der Waals surface area contributed by atoms with Crippen molar-refractivity contribution in [2.45, 2.75) is 25.3 Å². The lowest BCUT2D eigenvalue weighted by Crippen LogP contribution is -2.26. The Balaban J connectivity index is 2.26. The molecule has 0 spiro atoms. The molecule has 0 radical (unpaired) electrons. The Morgan fingerprint density at radius 2 is 2.14 bits per heavy atom. The van der Waals surface area contributed by atoms with Crippen LogP contribution in [0.2, 0.25) is 5.02 Å². The van der Waals surface area contributed by atoms with Crippen molar-refractivity contribution in [1.82, 2.24) is 0 Å². The van der Waals surface area contributed by atoms with Gasteiger partial charge < -0.3 is 10.8 Å². The fourth-order valence-corrected chi connectivity index (χ4v) is 2.04. The second-order valence-corrected chi connectivity index (χ2v) is 4.30. The molecule has 1 aliphatic rings. The van der Waals surface area contributed by atoms with Crippen LogP contribution in [0.15, 0.2) is 18.2 Å². The normalized spacial score (nSPS) is 19.0. The minimum atomic E-state index is -0.0672. The Bertz CT molecular complexity index is 336. The number of rotatable bonds is 2. The van der Waals surface area contributed by atoms with Crippen molar-refractivity contribution in [1.29, 1.82) is 0 Å². The average molecular weight is 212 g/mol. The van der Waals surface area contributed by atoms with Crippen LogP contribution in [0.4, 0.5) is 0 Å². The summed E-state index contributed by atoms with van der Waals surface area (Å²) in [6, 6.07) is 5.29. The number of para-hydroxylation sites is 1. The second-order valence-electron chi connectivity index (χ2n) is 3.89. The highest BCUT2D eigenvalue weighted by Crippen LogP contribution is 2.40. The van der Waals surface area contributed by atoms with Crippen LogP contribution in [0, 0.1) is 5.92 Å². The van der Waals surface area contributed by atoms with Gasteiger partial charge in [-0.25, -0.2) is 0 Å². The topological polar surface area (TPSA) is 46.2 Å². The van der Waals surface area contributed by atoms with Crippen LogP contribution in [-0.2, 0) is 0 Å². The first-order valence-electron chi connectivity index (χ1n) is 4.93. The summed E-state index contributed by atoms with van der Waals surface area (Å²) in [6.45, 7) is 0. The molecule has 14 heavy (non-hydrogen) atoms. The van der Waals surface area contributed by atoms with E-state index in [1.165, 1.54) is 6.42 Å². The molecule has 0 bridgehead atoms. The van der Waals surface area contributed by atoms with Crippen molar-refractivity contribution < 1.29 is 5.11 Å². The van der Waals surface area contributed by atoms with Crippen LogP contribution < -0.4 is 5.73 Å². The lowest BCUT2D eigenvalue weighted by atomic mass is 9.77. The zero-order valence-corrected chi connectivity index (χ0v) is 8.67. The number of phenols is 1. The quantitative estimate of drug-likeness (QED) is 0.790. The third-order valence-electron chi connectivity index (χ3n) is 3.03. The second kappa shape index (κ2) is 3.79. The highest BCUT2D eigenvalue weighted by Gasteiger charge is 2.27. The van der Waals surface area contributed by atoms with E-state index >= 15 is 0 Å². The van der Waals surface area contributed by atoms with Crippen LogP contribution in [-0.4, -0.2) is 5.11 Å². The highest BCUT2D eigenvalue weighted by molar-refractivity contribution is 6.32. The smallest absolute Gasteiger partial charge is 0.138 e. The minimum Gasteiger partial charge on any atom is -0.506 e. The molecule has 2 rings (SSSR count). The molecule has 1 aromatic rings. The van der Waals surface area contributed by atoms with E-state index in [1.54, 1.807) is 6.07 Å². The molecule has 0 amide bonds. The van der Waals surface area contributed by atoms with Crippen LogP contribution in [0.5, 0.6) is 5.75 Å². The number of hydrogen-bond acceptors (Lipinski definition) is 2. The number of halogens is 1. The molecule has 0 saturated heterocycles. The monoisotopic (exact) mass is 211 g/mol. The van der Waals surface area contributed by atoms with Crippen molar-refractivity contribution in [3.8, 4) is 5.75 Å². The summed E-state index contributed by atoms with van der Waals surface area (Å²) in [5, 5.41) is 10.1. The Morgan fingerprint density at radius 3 is 2.71 bits per heavy atom. The van der Waals surface area contributed by atoms with Gasteiger partial charge in [0.15, 0.2) is 0 Å². The summed E-state index contributed by atoms with van der Waals surface area (Å²) < 4.78 is 0. The molecule has 0 aliphatic heterocycles. The average Bonchev–Trinajstić information content (AvgIpc) is 2.06. The lowest BCUT2D eigenvalue weighted by molar-refractivity contribution is 0.260. The molecule has 0 heterocycles. The first-order valence-corrected chi connectivity index (χ1v) is 5.31. The van der Waals surface area contributed by atoms with E-state index in [0.717, 1.165) is 18.4 Å². The van der Waals surface area contributed by atoms with Gasteiger partial charge in [0.1, 0.15) is 5.75 Å². The Hall–Kier alpha value is -0.730. The van der Waals surface area contributed by atoms with Gasteiger partial charge in [-0.05, 0) is 24.8 Å². The summed E-state index contributed by atoms with van der Waals surface area (Å²) in [6.07, 6.45) is 3.57. The van der Waals surface area contributed by atoms with Crippen molar-refractivity contribution >= 4 is 11.6 Å². The Morgan fingerprint density at radius 1 is 1.43 bits per heavy atom. The fraction of sp³-hybridized carbons (Fsp3) is 0.455. The van der Waals surface area contributed by atoms with Gasteiger partial charge in [0.25, 0.3) is 0 Å². The molecule has 1 atom stereocenters. The third-order valence-corrected chi connectivity index (χ3v) is 3.34. The maximum absolute atomic E-state index is 9.72. The number of benzene rings is 1. The van der Waals surface area contributed by atoms with Crippen LogP contribution in [0.25, 0.3) is 0 Å². The lowest BCUT2D eigenvalue weighted by Gasteiger charge is -2.31. The molecule has 1 fully saturated rings. The maximum Gasteiger partial charge on any atom is 0.138 e. The Labute approximate surface area is 88.7 Å². The summed E-state index contributed by atoms with van der Waals surface area (Å²) in [5.41, 5.74) is 6.83. The molecular formula is C11H14ClNO. The van der Waals surface area contributed by atoms with Gasteiger partial charge in [-0.1, -0.05) is 30.2 Å². The van der Waals surface area contributed by atoms with Crippen molar-refractivity contribution in [2.75, 3.05) is 0 Å². The number of nitrogens with two attached hydrogens (primary N) is 1. The van der Waals surface area contributed by atoms with Crippen molar-refractivity contribution in [3.63, 3.8) is 0 Å². The molecule has 76 valence electrons. The van der Waals surface area contributed by atoms with E-state index in [9.17, 15) is 5.11 Å². The Kier molecular flexibility index (Phi) is 2.66. The molecule has 1 saturated carbocycles. The third kappa shape index (κ3) is 1.60. The first kappa shape index (κ1) is 9.81. The van der Waals surface area contributed by atoms with Gasteiger partial charge in [-0.3, -0.25) is 0 Å². The predicted molar refractivity (Wildman–Crippen MR) is 57.4 cm³/mol. The zero-order chi connectivity index (χ0) is 10.1. The standard InChI is InChI=1S/C11H14ClNO/c12-9-6-2-5-8(11(9)14)10(13)7-3-1-4-7/h2,5-7,10,14H,1,3-4,13H2/t10-/m1/s1. The minimum absolute atomic E-state index is 0.0672. The molecule has 3 N–H and O–H groups in total. The van der Waals surface area contributed by atoms with Gasteiger partial charge in [0.05, 0.1) is 5.02 Å². The molecule has 0 unspecified atom stereocenters. The van der Waals surface area contributed by atoms with Crippen LogP contribution >= 0.6 is 11.6 Å². The molecule has 2 nitrogen and oxygen atoms in total. The van der Waals surface area contributed by atoms with Gasteiger partial charge in [0.2, 0.25) is 0 Å².